The minimum Gasteiger partial charge on any atom is -0.494 e. The molecule has 2 atom stereocenters. The maximum absolute atomic E-state index is 12.7. The molecular formula is C26H27N7O2. The lowest BCUT2D eigenvalue weighted by atomic mass is 9.78. The summed E-state index contributed by atoms with van der Waals surface area (Å²) in [6.07, 6.45) is 5.99. The van der Waals surface area contributed by atoms with E-state index in [1.165, 1.54) is 0 Å². The van der Waals surface area contributed by atoms with E-state index in [-0.39, 0.29) is 6.04 Å². The van der Waals surface area contributed by atoms with Crippen LogP contribution in [0.1, 0.15) is 24.6 Å². The third-order valence-electron chi connectivity index (χ3n) is 6.57. The minimum atomic E-state index is -1.12. The number of aromatic nitrogens is 4. The zero-order chi connectivity index (χ0) is 24.4. The van der Waals surface area contributed by atoms with Crippen LogP contribution in [-0.2, 0) is 10.2 Å². The summed E-state index contributed by atoms with van der Waals surface area (Å²) < 4.78 is 5.56. The van der Waals surface area contributed by atoms with E-state index in [2.05, 4.69) is 20.6 Å². The Morgan fingerprint density at radius 3 is 2.74 bits per heavy atom. The Labute approximate surface area is 203 Å². The molecule has 3 aromatic heterocycles. The van der Waals surface area contributed by atoms with Crippen LogP contribution in [0.3, 0.4) is 0 Å². The lowest BCUT2D eigenvalue weighted by Gasteiger charge is -2.26. The highest BCUT2D eigenvalue weighted by molar-refractivity contribution is 5.95. The second-order valence-electron chi connectivity index (χ2n) is 8.75. The standard InChI is InChI=1S/C26H27N7O2/c1-26(25(27)34,17-6-4-3-5-7-17)21-12-16(8-11-30-21)23-32-19-14-29-15-20(35-2)22(19)24(33-23)31-18-9-10-28-13-18/h3-8,11-12,14-15,18,28H,9-10,13H2,1-2H3,(H2,27,34)(H,31,32,33)/t18-,26?/m1/s1. The highest BCUT2D eigenvalue weighted by atomic mass is 16.5. The number of ether oxygens (including phenoxy) is 1. The number of nitrogens with one attached hydrogen (secondary N) is 2. The zero-order valence-corrected chi connectivity index (χ0v) is 19.7. The Morgan fingerprint density at radius 1 is 1.20 bits per heavy atom. The van der Waals surface area contributed by atoms with Gasteiger partial charge >= 0.3 is 0 Å². The molecule has 9 nitrogen and oxygen atoms in total. The molecule has 4 heterocycles. The van der Waals surface area contributed by atoms with E-state index >= 15 is 0 Å². The number of benzene rings is 1. The van der Waals surface area contributed by atoms with Crippen molar-refractivity contribution in [1.82, 2.24) is 25.3 Å². The first kappa shape index (κ1) is 22.7. The van der Waals surface area contributed by atoms with E-state index in [1.54, 1.807) is 32.6 Å². The number of carbonyl (C=O) groups excluding carboxylic acids is 1. The van der Waals surface area contributed by atoms with Gasteiger partial charge in [0.15, 0.2) is 5.82 Å². The van der Waals surface area contributed by atoms with Gasteiger partial charge in [0, 0.05) is 24.3 Å². The summed E-state index contributed by atoms with van der Waals surface area (Å²) in [6.45, 7) is 3.58. The Hall–Kier alpha value is -4.11. The summed E-state index contributed by atoms with van der Waals surface area (Å²) >= 11 is 0. The van der Waals surface area contributed by atoms with Crippen LogP contribution in [0.4, 0.5) is 5.82 Å². The number of nitrogens with two attached hydrogens (primary N) is 1. The molecule has 9 heteroatoms. The van der Waals surface area contributed by atoms with Gasteiger partial charge in [-0.1, -0.05) is 30.3 Å². The molecule has 1 saturated heterocycles. The van der Waals surface area contributed by atoms with Crippen LogP contribution in [0.15, 0.2) is 61.1 Å². The van der Waals surface area contributed by atoms with E-state index < -0.39 is 11.3 Å². The van der Waals surface area contributed by atoms with Crippen molar-refractivity contribution < 1.29 is 9.53 Å². The molecule has 1 aromatic carbocycles. The lowest BCUT2D eigenvalue weighted by Crippen LogP contribution is -2.40. The van der Waals surface area contributed by atoms with Gasteiger partial charge in [-0.15, -0.1) is 0 Å². The van der Waals surface area contributed by atoms with Crippen LogP contribution in [0.2, 0.25) is 0 Å². The van der Waals surface area contributed by atoms with Crippen molar-refractivity contribution in [2.24, 2.45) is 5.73 Å². The molecule has 1 amide bonds. The monoisotopic (exact) mass is 469 g/mol. The summed E-state index contributed by atoms with van der Waals surface area (Å²) in [7, 11) is 1.61. The zero-order valence-electron chi connectivity index (χ0n) is 19.7. The van der Waals surface area contributed by atoms with Crippen LogP contribution >= 0.6 is 0 Å². The van der Waals surface area contributed by atoms with Crippen molar-refractivity contribution in [2.75, 3.05) is 25.5 Å². The van der Waals surface area contributed by atoms with Crippen LogP contribution in [0, 0.1) is 0 Å². The highest BCUT2D eigenvalue weighted by Crippen LogP contribution is 2.35. The molecule has 178 valence electrons. The molecule has 0 spiro atoms. The number of nitrogens with zero attached hydrogens (tertiary/aromatic N) is 4. The van der Waals surface area contributed by atoms with Gasteiger partial charge < -0.3 is 21.1 Å². The molecule has 0 saturated carbocycles. The predicted molar refractivity (Wildman–Crippen MR) is 134 cm³/mol. The number of methoxy groups -OCH3 is 1. The fourth-order valence-corrected chi connectivity index (χ4v) is 4.44. The first-order valence-corrected chi connectivity index (χ1v) is 11.5. The van der Waals surface area contributed by atoms with Crippen molar-refractivity contribution in [2.45, 2.75) is 24.8 Å². The van der Waals surface area contributed by atoms with Gasteiger partial charge in [-0.25, -0.2) is 9.97 Å². The first-order valence-electron chi connectivity index (χ1n) is 11.5. The van der Waals surface area contributed by atoms with Gasteiger partial charge in [-0.3, -0.25) is 14.8 Å². The van der Waals surface area contributed by atoms with Crippen molar-refractivity contribution >= 4 is 22.6 Å². The quantitative estimate of drug-likeness (QED) is 0.377. The Balaban J connectivity index is 1.64. The van der Waals surface area contributed by atoms with Crippen molar-refractivity contribution in [3.63, 3.8) is 0 Å². The van der Waals surface area contributed by atoms with E-state index in [1.807, 2.05) is 42.5 Å². The number of fused-ring (bicyclic) bond motifs is 1. The van der Waals surface area contributed by atoms with E-state index in [0.717, 1.165) is 36.0 Å². The third kappa shape index (κ3) is 4.15. The SMILES string of the molecule is COc1cncc2nc(-c3ccnc(C(C)(C(N)=O)c4ccccc4)c3)nc(N[C@@H]3CCNC3)c12. The van der Waals surface area contributed by atoms with Gasteiger partial charge in [0.25, 0.3) is 0 Å². The molecule has 0 aliphatic carbocycles. The number of primary amides is 1. The molecule has 4 aromatic rings. The summed E-state index contributed by atoms with van der Waals surface area (Å²) in [5, 5.41) is 7.69. The van der Waals surface area contributed by atoms with Crippen LogP contribution < -0.4 is 21.1 Å². The summed E-state index contributed by atoms with van der Waals surface area (Å²) in [5.41, 5.74) is 7.44. The maximum atomic E-state index is 12.7. The molecule has 4 N–H and O–H groups in total. The summed E-state index contributed by atoms with van der Waals surface area (Å²) in [4.78, 5) is 31.1. The number of rotatable bonds is 7. The largest absolute Gasteiger partial charge is 0.494 e. The molecule has 5 rings (SSSR count). The number of hydrogen-bond acceptors (Lipinski definition) is 8. The summed E-state index contributed by atoms with van der Waals surface area (Å²) in [5.74, 6) is 1.28. The van der Waals surface area contributed by atoms with Gasteiger partial charge in [0.2, 0.25) is 5.91 Å². The Kier molecular flexibility index (Phi) is 6.00. The number of hydrogen-bond donors (Lipinski definition) is 3. The van der Waals surface area contributed by atoms with Gasteiger partial charge in [0.05, 0.1) is 36.1 Å². The number of pyridine rings is 2. The van der Waals surface area contributed by atoms with Crippen molar-refractivity contribution in [3.8, 4) is 17.1 Å². The number of carbonyl (C=O) groups is 1. The second-order valence-corrected chi connectivity index (χ2v) is 8.75. The first-order chi connectivity index (χ1) is 17.0. The summed E-state index contributed by atoms with van der Waals surface area (Å²) in [6, 6.07) is 13.3. The molecule has 0 radical (unpaired) electrons. The van der Waals surface area contributed by atoms with Crippen LogP contribution in [0.5, 0.6) is 5.75 Å². The maximum Gasteiger partial charge on any atom is 0.233 e. The topological polar surface area (TPSA) is 128 Å². The van der Waals surface area contributed by atoms with Crippen molar-refractivity contribution in [3.05, 3.63) is 72.3 Å². The van der Waals surface area contributed by atoms with E-state index in [0.29, 0.717) is 28.6 Å². The normalized spacial score (nSPS) is 17.1. The highest BCUT2D eigenvalue weighted by Gasteiger charge is 2.37. The fourth-order valence-electron chi connectivity index (χ4n) is 4.44. The average Bonchev–Trinajstić information content (AvgIpc) is 3.41. The number of amides is 1. The Bertz CT molecular complexity index is 1370. The second kappa shape index (κ2) is 9.27. The lowest BCUT2D eigenvalue weighted by molar-refractivity contribution is -0.121. The van der Waals surface area contributed by atoms with Crippen LogP contribution in [0.25, 0.3) is 22.3 Å². The predicted octanol–water partition coefficient (Wildman–Crippen LogP) is 2.66. The molecule has 0 bridgehead atoms. The number of anilines is 1. The van der Waals surface area contributed by atoms with Crippen molar-refractivity contribution in [1.29, 1.82) is 0 Å². The van der Waals surface area contributed by atoms with Gasteiger partial charge in [-0.05, 0) is 37.6 Å². The molecule has 35 heavy (non-hydrogen) atoms. The smallest absolute Gasteiger partial charge is 0.233 e. The molecule has 1 aliphatic rings. The van der Waals surface area contributed by atoms with E-state index in [4.69, 9.17) is 20.4 Å². The third-order valence-corrected chi connectivity index (χ3v) is 6.57. The molecule has 1 fully saturated rings. The molecule has 1 unspecified atom stereocenters. The fraction of sp³-hybridized carbons (Fsp3) is 0.269. The van der Waals surface area contributed by atoms with Gasteiger partial charge in [0.1, 0.15) is 17.0 Å². The van der Waals surface area contributed by atoms with Gasteiger partial charge in [-0.2, -0.15) is 0 Å². The van der Waals surface area contributed by atoms with Crippen LogP contribution in [-0.4, -0.2) is 52.1 Å². The minimum absolute atomic E-state index is 0.239. The molecule has 1 aliphatic heterocycles. The average molecular weight is 470 g/mol. The Morgan fingerprint density at radius 2 is 2.03 bits per heavy atom. The molecular weight excluding hydrogens is 442 g/mol. The van der Waals surface area contributed by atoms with E-state index in [9.17, 15) is 4.79 Å².